The topological polar surface area (TPSA) is 157 Å². The van der Waals surface area contributed by atoms with Crippen molar-refractivity contribution in [2.24, 2.45) is 0 Å². The molecule has 4 unspecified atom stereocenters. The molecule has 1 saturated heterocycles. The first kappa shape index (κ1) is 33.5. The van der Waals surface area contributed by atoms with Crippen LogP contribution in [0.15, 0.2) is 17.3 Å². The maximum atomic E-state index is 13.1. The molecule has 1 fully saturated rings. The Labute approximate surface area is 244 Å². The quantitative estimate of drug-likeness (QED) is 0.254. The first-order valence-corrected chi connectivity index (χ1v) is 20.7. The lowest BCUT2D eigenvalue weighted by atomic mass is 9.89. The van der Waals surface area contributed by atoms with E-state index in [1.165, 1.54) is 24.9 Å². The fourth-order valence-corrected chi connectivity index (χ4v) is 7.62. The lowest BCUT2D eigenvalue weighted by molar-refractivity contribution is -0.119. The van der Waals surface area contributed by atoms with Gasteiger partial charge in [-0.3, -0.25) is 4.79 Å². The molecular weight excluding hydrogens is 589 g/mol. The number of ether oxygens (including phenoxy) is 2. The summed E-state index contributed by atoms with van der Waals surface area (Å²) < 4.78 is 58.1. The molecule has 0 aliphatic carbocycles. The van der Waals surface area contributed by atoms with Crippen molar-refractivity contribution in [3.63, 3.8) is 0 Å². The fourth-order valence-electron chi connectivity index (χ4n) is 4.08. The smallest absolute Gasteiger partial charge is 0.360 e. The minimum absolute atomic E-state index is 0.0200. The van der Waals surface area contributed by atoms with Gasteiger partial charge in [0.2, 0.25) is 5.91 Å². The number of methoxy groups -OCH3 is 1. The Morgan fingerprint density at radius 3 is 2.20 bits per heavy atom. The first-order chi connectivity index (χ1) is 18.5. The van der Waals surface area contributed by atoms with Crippen molar-refractivity contribution in [1.29, 1.82) is 0 Å². The molecule has 1 N–H and O–H groups in total. The van der Waals surface area contributed by atoms with Crippen LogP contribution >= 0.6 is 0 Å². The highest BCUT2D eigenvalue weighted by Gasteiger charge is 2.68. The van der Waals surface area contributed by atoms with Crippen LogP contribution < -0.4 is 5.32 Å². The summed E-state index contributed by atoms with van der Waals surface area (Å²) in [6, 6.07) is 0. The number of carbonyl (C=O) groups excluding carboxylic acids is 2. The zero-order valence-electron chi connectivity index (χ0n) is 26.0. The van der Waals surface area contributed by atoms with Gasteiger partial charge in [-0.1, -0.05) is 46.8 Å². The molecule has 1 aromatic rings. The van der Waals surface area contributed by atoms with Gasteiger partial charge in [-0.25, -0.2) is 13.7 Å². The molecule has 13 nitrogen and oxygen atoms in total. The van der Waals surface area contributed by atoms with Crippen LogP contribution in [0.25, 0.3) is 0 Å². The van der Waals surface area contributed by atoms with E-state index in [2.05, 4.69) is 49.5 Å². The normalized spacial score (nSPS) is 26.7. The van der Waals surface area contributed by atoms with Crippen LogP contribution in [0.2, 0.25) is 36.3 Å². The van der Waals surface area contributed by atoms with Gasteiger partial charge >= 0.3 is 5.97 Å². The van der Waals surface area contributed by atoms with Crippen LogP contribution in [0.5, 0.6) is 0 Å². The molecule has 1 spiro atoms. The van der Waals surface area contributed by atoms with E-state index in [4.69, 9.17) is 22.5 Å². The van der Waals surface area contributed by atoms with Gasteiger partial charge in [0.25, 0.3) is 10.1 Å². The molecular formula is C25H44N4O9SSi2. The number of aromatic nitrogens is 3. The Morgan fingerprint density at radius 2 is 1.68 bits per heavy atom. The monoisotopic (exact) mass is 632 g/mol. The SMILES string of the molecule is COC(=O)c1cn(C2OC(CO[Si](C)(C)C(C)(C)C)C3(OS(=O)(=O)C=C3NC(C)=O)C2O[Si](C)(C)C(C)(C)C)nn1. The molecule has 1 amide bonds. The Kier molecular flexibility index (Phi) is 8.96. The zero-order chi connectivity index (χ0) is 31.4. The van der Waals surface area contributed by atoms with Gasteiger partial charge in [0, 0.05) is 6.92 Å². The summed E-state index contributed by atoms with van der Waals surface area (Å²) in [6.07, 6.45) is -1.96. The Bertz CT molecular complexity index is 1310. The fraction of sp³-hybridized carbons (Fsp3) is 0.760. The third-order valence-electron chi connectivity index (χ3n) is 8.51. The van der Waals surface area contributed by atoms with Crippen molar-refractivity contribution < 1.29 is 40.5 Å². The molecule has 0 aromatic carbocycles. The minimum Gasteiger partial charge on any atom is -0.464 e. The van der Waals surface area contributed by atoms with Gasteiger partial charge in [-0.05, 0) is 36.3 Å². The predicted octanol–water partition coefficient (Wildman–Crippen LogP) is 3.45. The predicted molar refractivity (Wildman–Crippen MR) is 155 cm³/mol. The summed E-state index contributed by atoms with van der Waals surface area (Å²) in [4.78, 5) is 24.5. The van der Waals surface area contributed by atoms with Crippen LogP contribution in [0, 0.1) is 0 Å². The number of nitrogens with one attached hydrogen (secondary N) is 1. The maximum absolute atomic E-state index is 13.1. The van der Waals surface area contributed by atoms with Crippen LogP contribution in [0.4, 0.5) is 0 Å². The van der Waals surface area contributed by atoms with Gasteiger partial charge < -0.3 is 23.6 Å². The molecule has 0 radical (unpaired) electrons. The number of hydrogen-bond donors (Lipinski definition) is 1. The van der Waals surface area contributed by atoms with E-state index < -0.39 is 62.7 Å². The molecule has 3 heterocycles. The Morgan fingerprint density at radius 1 is 1.10 bits per heavy atom. The van der Waals surface area contributed by atoms with E-state index >= 15 is 0 Å². The van der Waals surface area contributed by atoms with E-state index in [9.17, 15) is 18.0 Å². The molecule has 2 aliphatic heterocycles. The summed E-state index contributed by atoms with van der Waals surface area (Å²) in [5, 5.41) is 11.1. The molecule has 4 atom stereocenters. The average Bonchev–Trinajstić information content (AvgIpc) is 3.45. The van der Waals surface area contributed by atoms with Gasteiger partial charge in [-0.2, -0.15) is 8.42 Å². The molecule has 3 rings (SSSR count). The second kappa shape index (κ2) is 11.0. The minimum atomic E-state index is -4.27. The number of nitrogens with zero attached hydrogens (tertiary/aromatic N) is 3. The van der Waals surface area contributed by atoms with E-state index in [1.807, 2.05) is 33.9 Å². The second-order valence-corrected chi connectivity index (χ2v) is 24.5. The van der Waals surface area contributed by atoms with Crippen LogP contribution in [-0.2, 0) is 37.4 Å². The lowest BCUT2D eigenvalue weighted by Gasteiger charge is -2.44. The van der Waals surface area contributed by atoms with Crippen LogP contribution in [0.3, 0.4) is 0 Å². The molecule has 0 bridgehead atoms. The summed E-state index contributed by atoms with van der Waals surface area (Å²) >= 11 is 0. The largest absolute Gasteiger partial charge is 0.464 e. The molecule has 2 aliphatic rings. The van der Waals surface area contributed by atoms with Crippen molar-refractivity contribution in [1.82, 2.24) is 20.3 Å². The van der Waals surface area contributed by atoms with Gasteiger partial charge in [0.05, 0.1) is 31.0 Å². The first-order valence-electron chi connectivity index (χ1n) is 13.4. The standard InChI is InChI=1S/C25H44N4O9SSi2/c1-16(30)26-18-15-39(32,33)38-25(18)19(14-35-40(9,10)23(2,3)4)36-21(20(25)37-41(11,12)24(5,6)7)29-13-17(27-28-29)22(31)34-8/h13,15,19-21H,14H2,1-12H3,(H,26,30). The summed E-state index contributed by atoms with van der Waals surface area (Å²) in [7, 11) is -8.09. The van der Waals surface area contributed by atoms with Gasteiger partial charge in [-0.15, -0.1) is 5.10 Å². The molecule has 232 valence electrons. The molecule has 41 heavy (non-hydrogen) atoms. The van der Waals surface area contributed by atoms with Crippen molar-refractivity contribution in [3.8, 4) is 0 Å². The highest BCUT2D eigenvalue weighted by molar-refractivity contribution is 7.90. The van der Waals surface area contributed by atoms with E-state index in [0.29, 0.717) is 0 Å². The average molecular weight is 633 g/mol. The van der Waals surface area contributed by atoms with Gasteiger partial charge in [0.1, 0.15) is 12.2 Å². The molecule has 16 heteroatoms. The lowest BCUT2D eigenvalue weighted by Crippen LogP contribution is -2.59. The third-order valence-corrected chi connectivity index (χ3v) is 18.5. The number of hydrogen-bond acceptors (Lipinski definition) is 11. The third kappa shape index (κ3) is 6.52. The van der Waals surface area contributed by atoms with Crippen molar-refractivity contribution in [2.75, 3.05) is 13.7 Å². The van der Waals surface area contributed by atoms with E-state index in [-0.39, 0.29) is 28.1 Å². The highest BCUT2D eigenvalue weighted by Crippen LogP contribution is 2.52. The second-order valence-electron chi connectivity index (χ2n) is 13.5. The number of rotatable bonds is 8. The highest BCUT2D eigenvalue weighted by atomic mass is 32.2. The molecule has 0 saturated carbocycles. The van der Waals surface area contributed by atoms with Crippen LogP contribution in [-0.4, -0.2) is 83.4 Å². The summed E-state index contributed by atoms with van der Waals surface area (Å²) in [5.41, 5.74) is -1.92. The molecule has 1 aromatic heterocycles. The Balaban J connectivity index is 2.25. The summed E-state index contributed by atoms with van der Waals surface area (Å²) in [6.45, 7) is 21.7. The van der Waals surface area contributed by atoms with Gasteiger partial charge in [0.15, 0.2) is 34.2 Å². The van der Waals surface area contributed by atoms with E-state index in [0.717, 1.165) is 5.41 Å². The van der Waals surface area contributed by atoms with Crippen LogP contribution in [0.1, 0.15) is 65.2 Å². The number of carbonyl (C=O) groups is 2. The Hall–Kier alpha value is -1.96. The van der Waals surface area contributed by atoms with Crippen molar-refractivity contribution in [2.45, 2.75) is 109 Å². The maximum Gasteiger partial charge on any atom is 0.360 e. The zero-order valence-corrected chi connectivity index (χ0v) is 28.8. The van der Waals surface area contributed by atoms with E-state index in [1.54, 1.807) is 0 Å². The summed E-state index contributed by atoms with van der Waals surface area (Å²) in [5.74, 6) is -1.20. The number of esters is 1. The van der Waals surface area contributed by atoms with Crippen molar-refractivity contribution in [3.05, 3.63) is 23.0 Å². The number of amides is 1. The van der Waals surface area contributed by atoms with Crippen molar-refractivity contribution >= 4 is 38.6 Å².